The third-order valence-corrected chi connectivity index (χ3v) is 6.23. The summed E-state index contributed by atoms with van der Waals surface area (Å²) in [5.41, 5.74) is 1.95. The monoisotopic (exact) mass is 468 g/mol. The number of ether oxygens (including phenoxy) is 1. The lowest BCUT2D eigenvalue weighted by molar-refractivity contribution is -0.142. The molecule has 0 bridgehead atoms. The molecule has 174 valence electrons. The summed E-state index contributed by atoms with van der Waals surface area (Å²) < 4.78 is 18.9. The van der Waals surface area contributed by atoms with E-state index >= 15 is 0 Å². The lowest BCUT2D eigenvalue weighted by atomic mass is 10.2. The molecule has 3 rings (SSSR count). The highest BCUT2D eigenvalue weighted by Gasteiger charge is 2.22. The summed E-state index contributed by atoms with van der Waals surface area (Å²) in [6.45, 7) is 5.06. The van der Waals surface area contributed by atoms with Gasteiger partial charge < -0.3 is 14.5 Å². The molecular formula is C26H29FN2O3S. The maximum absolute atomic E-state index is 13.3. The van der Waals surface area contributed by atoms with Crippen LogP contribution in [0.25, 0.3) is 0 Å². The highest BCUT2D eigenvalue weighted by Crippen LogP contribution is 2.20. The predicted octanol–water partition coefficient (Wildman–Crippen LogP) is 5.04. The largest absolute Gasteiger partial charge is 0.484 e. The minimum atomic E-state index is -0.316. The summed E-state index contributed by atoms with van der Waals surface area (Å²) in [5.74, 6) is -0.0969. The molecule has 3 aromatic rings. The van der Waals surface area contributed by atoms with Crippen LogP contribution >= 0.6 is 11.3 Å². The number of nitrogens with zero attached hydrogens (tertiary/aromatic N) is 2. The third kappa shape index (κ3) is 7.43. The van der Waals surface area contributed by atoms with Gasteiger partial charge in [-0.05, 0) is 60.2 Å². The summed E-state index contributed by atoms with van der Waals surface area (Å²) >= 11 is 1.60. The molecule has 0 aliphatic carbocycles. The van der Waals surface area contributed by atoms with Gasteiger partial charge in [-0.3, -0.25) is 9.59 Å². The van der Waals surface area contributed by atoms with Crippen LogP contribution in [-0.4, -0.2) is 41.3 Å². The lowest BCUT2D eigenvalue weighted by Gasteiger charge is -2.28. The van der Waals surface area contributed by atoms with E-state index in [4.69, 9.17) is 4.74 Å². The molecule has 0 saturated heterocycles. The van der Waals surface area contributed by atoms with Crippen molar-refractivity contribution in [3.05, 3.63) is 87.9 Å². The summed E-state index contributed by atoms with van der Waals surface area (Å²) in [5, 5.41) is 2.00. The van der Waals surface area contributed by atoms with Gasteiger partial charge in [0.1, 0.15) is 11.6 Å². The Morgan fingerprint density at radius 1 is 0.939 bits per heavy atom. The fourth-order valence-corrected chi connectivity index (χ4v) is 4.28. The summed E-state index contributed by atoms with van der Waals surface area (Å²) in [4.78, 5) is 30.5. The van der Waals surface area contributed by atoms with E-state index in [0.717, 1.165) is 22.4 Å². The van der Waals surface area contributed by atoms with Gasteiger partial charge in [0.2, 0.25) is 5.91 Å². The number of benzene rings is 2. The smallest absolute Gasteiger partial charge is 0.260 e. The molecular weight excluding hydrogens is 439 g/mol. The van der Waals surface area contributed by atoms with Crippen molar-refractivity contribution in [2.45, 2.75) is 33.4 Å². The van der Waals surface area contributed by atoms with Crippen molar-refractivity contribution >= 4 is 23.2 Å². The number of amides is 2. The Morgan fingerprint density at radius 2 is 1.67 bits per heavy atom. The Bertz CT molecular complexity index is 1040. The van der Waals surface area contributed by atoms with Crippen LogP contribution in [0.3, 0.4) is 0 Å². The fraction of sp³-hybridized carbons (Fsp3) is 0.308. The number of halogens is 1. The molecule has 0 saturated carbocycles. The predicted molar refractivity (Wildman–Crippen MR) is 129 cm³/mol. The van der Waals surface area contributed by atoms with E-state index in [9.17, 15) is 14.0 Å². The Kier molecular flexibility index (Phi) is 9.01. The Balaban J connectivity index is 1.70. The molecule has 0 N–H and O–H groups in total. The van der Waals surface area contributed by atoms with Crippen molar-refractivity contribution in [2.24, 2.45) is 0 Å². The van der Waals surface area contributed by atoms with Gasteiger partial charge >= 0.3 is 0 Å². The third-order valence-electron chi connectivity index (χ3n) is 5.22. The molecule has 33 heavy (non-hydrogen) atoms. The number of carbonyl (C=O) groups excluding carboxylic acids is 2. The number of para-hydroxylation sites is 1. The molecule has 0 unspecified atom stereocenters. The fourth-order valence-electron chi connectivity index (χ4n) is 3.36. The second-order valence-corrected chi connectivity index (χ2v) is 8.82. The van der Waals surface area contributed by atoms with Crippen LogP contribution in [-0.2, 0) is 22.7 Å². The molecule has 0 spiro atoms. The zero-order valence-electron chi connectivity index (χ0n) is 19.0. The molecule has 0 radical (unpaired) electrons. The summed E-state index contributed by atoms with van der Waals surface area (Å²) in [6, 6.07) is 17.3. The number of rotatable bonds is 11. The van der Waals surface area contributed by atoms with E-state index in [2.05, 4.69) is 0 Å². The molecule has 1 heterocycles. The van der Waals surface area contributed by atoms with Gasteiger partial charge in [-0.1, -0.05) is 37.3 Å². The Labute approximate surface area is 198 Å². The second kappa shape index (κ2) is 12.2. The normalized spacial score (nSPS) is 10.6. The number of hydrogen-bond acceptors (Lipinski definition) is 4. The molecule has 2 aromatic carbocycles. The van der Waals surface area contributed by atoms with Crippen LogP contribution in [0.4, 0.5) is 4.39 Å². The van der Waals surface area contributed by atoms with Gasteiger partial charge in [0.05, 0.1) is 13.1 Å². The minimum absolute atomic E-state index is 0.0313. The first-order valence-electron chi connectivity index (χ1n) is 11.0. The highest BCUT2D eigenvalue weighted by molar-refractivity contribution is 7.10. The Morgan fingerprint density at radius 3 is 2.30 bits per heavy atom. The maximum Gasteiger partial charge on any atom is 0.260 e. The maximum atomic E-state index is 13.3. The van der Waals surface area contributed by atoms with E-state index in [1.807, 2.05) is 43.5 Å². The number of thiophene rings is 1. The van der Waals surface area contributed by atoms with Crippen LogP contribution in [0.15, 0.2) is 66.0 Å². The van der Waals surface area contributed by atoms with E-state index in [0.29, 0.717) is 25.4 Å². The number of aryl methyl sites for hydroxylation is 1. The van der Waals surface area contributed by atoms with Crippen molar-refractivity contribution in [2.75, 3.05) is 19.7 Å². The topological polar surface area (TPSA) is 49.9 Å². The zero-order chi connectivity index (χ0) is 23.6. The second-order valence-electron chi connectivity index (χ2n) is 7.82. The lowest BCUT2D eigenvalue weighted by Crippen LogP contribution is -2.44. The summed E-state index contributed by atoms with van der Waals surface area (Å²) in [7, 11) is 0. The van der Waals surface area contributed by atoms with Gasteiger partial charge in [-0.25, -0.2) is 4.39 Å². The van der Waals surface area contributed by atoms with Crippen LogP contribution in [0.2, 0.25) is 0 Å². The summed E-state index contributed by atoms with van der Waals surface area (Å²) in [6.07, 6.45) is 0.729. The minimum Gasteiger partial charge on any atom is -0.484 e. The van der Waals surface area contributed by atoms with Gasteiger partial charge in [-0.15, -0.1) is 11.3 Å². The van der Waals surface area contributed by atoms with Gasteiger partial charge in [0, 0.05) is 18.0 Å². The van der Waals surface area contributed by atoms with E-state index in [1.54, 1.807) is 45.4 Å². The molecule has 0 atom stereocenters. The van der Waals surface area contributed by atoms with Crippen molar-refractivity contribution in [3.8, 4) is 5.75 Å². The number of carbonyl (C=O) groups is 2. The molecule has 7 heteroatoms. The van der Waals surface area contributed by atoms with Gasteiger partial charge in [0.25, 0.3) is 5.91 Å². The molecule has 0 fully saturated rings. The van der Waals surface area contributed by atoms with Gasteiger partial charge in [0.15, 0.2) is 6.61 Å². The average molecular weight is 469 g/mol. The van der Waals surface area contributed by atoms with Crippen molar-refractivity contribution in [1.29, 1.82) is 0 Å². The zero-order valence-corrected chi connectivity index (χ0v) is 19.8. The first-order valence-corrected chi connectivity index (χ1v) is 11.8. The van der Waals surface area contributed by atoms with E-state index in [-0.39, 0.29) is 30.8 Å². The quantitative estimate of drug-likeness (QED) is 0.396. The molecule has 0 aliphatic rings. The SMILES string of the molecule is CCCN(CC(=O)N(Cc1ccc(F)cc1)Cc1sccc1C)C(=O)COc1ccccc1. The Hall–Kier alpha value is -3.19. The van der Waals surface area contributed by atoms with Crippen LogP contribution in [0.5, 0.6) is 5.75 Å². The molecule has 2 amide bonds. The number of hydrogen-bond donors (Lipinski definition) is 0. The van der Waals surface area contributed by atoms with Crippen LogP contribution in [0.1, 0.15) is 29.3 Å². The van der Waals surface area contributed by atoms with Crippen molar-refractivity contribution < 1.29 is 18.7 Å². The molecule has 5 nitrogen and oxygen atoms in total. The molecule has 0 aliphatic heterocycles. The van der Waals surface area contributed by atoms with Gasteiger partial charge in [-0.2, -0.15) is 0 Å². The van der Waals surface area contributed by atoms with Crippen molar-refractivity contribution in [1.82, 2.24) is 9.80 Å². The standard InChI is InChI=1S/C26H29FN2O3S/c1-3-14-28(26(31)19-32-23-7-5-4-6-8-23)18-25(30)29(17-24-20(2)13-15-33-24)16-21-9-11-22(27)12-10-21/h4-13,15H,3,14,16-19H2,1-2H3. The average Bonchev–Trinajstić information content (AvgIpc) is 3.23. The van der Waals surface area contributed by atoms with E-state index < -0.39 is 0 Å². The highest BCUT2D eigenvalue weighted by atomic mass is 32.1. The van der Waals surface area contributed by atoms with E-state index in [1.165, 1.54) is 12.1 Å². The van der Waals surface area contributed by atoms with Crippen LogP contribution < -0.4 is 4.74 Å². The first kappa shape index (κ1) is 24.5. The molecule has 1 aromatic heterocycles. The first-order chi connectivity index (χ1) is 16.0. The van der Waals surface area contributed by atoms with Crippen LogP contribution in [0, 0.1) is 12.7 Å². The van der Waals surface area contributed by atoms with Crippen molar-refractivity contribution in [3.63, 3.8) is 0 Å².